The van der Waals surface area contributed by atoms with Gasteiger partial charge in [-0.25, -0.2) is 4.98 Å². The van der Waals surface area contributed by atoms with Crippen LogP contribution < -0.4 is 5.73 Å². The van der Waals surface area contributed by atoms with Gasteiger partial charge < -0.3 is 10.6 Å². The highest BCUT2D eigenvalue weighted by Crippen LogP contribution is 2.35. The Morgan fingerprint density at radius 3 is 2.91 bits per heavy atom. The molecule has 2 fully saturated rings. The SMILES string of the molecule is CC(C)c1csc(C2CCCN(C(=O)[C@@H]3CCC[C@@H]3CN)C2)n1. The van der Waals surface area contributed by atoms with Crippen LogP contribution in [0.4, 0.5) is 0 Å². The van der Waals surface area contributed by atoms with Crippen molar-refractivity contribution in [2.45, 2.75) is 57.8 Å². The van der Waals surface area contributed by atoms with Crippen LogP contribution in [0.1, 0.15) is 68.5 Å². The zero-order valence-corrected chi connectivity index (χ0v) is 15.1. The average molecular weight is 336 g/mol. The molecule has 1 amide bonds. The Labute approximate surface area is 143 Å². The Kier molecular flexibility index (Phi) is 5.37. The summed E-state index contributed by atoms with van der Waals surface area (Å²) in [6, 6.07) is 0. The van der Waals surface area contributed by atoms with E-state index in [0.29, 0.717) is 30.2 Å². The third kappa shape index (κ3) is 3.61. The summed E-state index contributed by atoms with van der Waals surface area (Å²) in [5, 5.41) is 3.40. The van der Waals surface area contributed by atoms with E-state index < -0.39 is 0 Å². The first-order valence-electron chi connectivity index (χ1n) is 9.04. The van der Waals surface area contributed by atoms with Gasteiger partial charge in [-0.15, -0.1) is 11.3 Å². The molecule has 1 unspecified atom stereocenters. The highest BCUT2D eigenvalue weighted by Gasteiger charge is 2.36. The number of amides is 1. The Morgan fingerprint density at radius 2 is 2.22 bits per heavy atom. The monoisotopic (exact) mass is 335 g/mol. The normalized spacial score (nSPS) is 28.5. The number of piperidine rings is 1. The lowest BCUT2D eigenvalue weighted by atomic mass is 9.92. The highest BCUT2D eigenvalue weighted by molar-refractivity contribution is 7.09. The predicted octanol–water partition coefficient (Wildman–Crippen LogP) is 3.35. The van der Waals surface area contributed by atoms with Crippen molar-refractivity contribution in [3.8, 4) is 0 Å². The molecular formula is C18H29N3OS. The lowest BCUT2D eigenvalue weighted by Crippen LogP contribution is -2.44. The summed E-state index contributed by atoms with van der Waals surface area (Å²) in [7, 11) is 0. The van der Waals surface area contributed by atoms with Crippen molar-refractivity contribution in [2.75, 3.05) is 19.6 Å². The predicted molar refractivity (Wildman–Crippen MR) is 94.6 cm³/mol. The maximum Gasteiger partial charge on any atom is 0.226 e. The van der Waals surface area contributed by atoms with Crippen molar-refractivity contribution >= 4 is 17.2 Å². The smallest absolute Gasteiger partial charge is 0.226 e. The summed E-state index contributed by atoms with van der Waals surface area (Å²) in [6.07, 6.45) is 5.54. The molecule has 5 heteroatoms. The first-order chi connectivity index (χ1) is 11.1. The molecule has 0 spiro atoms. The minimum Gasteiger partial charge on any atom is -0.342 e. The van der Waals surface area contributed by atoms with Gasteiger partial charge in [0.15, 0.2) is 0 Å². The Balaban J connectivity index is 1.66. The molecule has 0 aromatic carbocycles. The highest BCUT2D eigenvalue weighted by atomic mass is 32.1. The molecular weight excluding hydrogens is 306 g/mol. The Morgan fingerprint density at radius 1 is 1.39 bits per heavy atom. The number of hydrogen-bond donors (Lipinski definition) is 1. The molecule has 1 aliphatic heterocycles. The van der Waals surface area contributed by atoms with Gasteiger partial charge in [-0.1, -0.05) is 20.3 Å². The standard InChI is InChI=1S/C18H29N3OS/c1-12(2)16-11-23-17(20-16)14-6-4-8-21(10-14)18(22)15-7-3-5-13(15)9-19/h11-15H,3-10,19H2,1-2H3/t13-,14?,15-/m1/s1. The van der Waals surface area contributed by atoms with Crippen LogP contribution in [0, 0.1) is 11.8 Å². The van der Waals surface area contributed by atoms with Crippen LogP contribution in [-0.2, 0) is 4.79 Å². The number of nitrogens with zero attached hydrogens (tertiary/aromatic N) is 2. The molecule has 1 saturated carbocycles. The molecule has 128 valence electrons. The van der Waals surface area contributed by atoms with Crippen LogP contribution >= 0.6 is 11.3 Å². The molecule has 0 radical (unpaired) electrons. The van der Waals surface area contributed by atoms with Gasteiger partial charge in [0.1, 0.15) is 0 Å². The maximum atomic E-state index is 12.9. The van der Waals surface area contributed by atoms with Crippen LogP contribution in [0.15, 0.2) is 5.38 Å². The number of aromatic nitrogens is 1. The largest absolute Gasteiger partial charge is 0.342 e. The van der Waals surface area contributed by atoms with Crippen LogP contribution in [0.5, 0.6) is 0 Å². The van der Waals surface area contributed by atoms with E-state index in [1.807, 2.05) is 0 Å². The molecule has 4 nitrogen and oxygen atoms in total. The van der Waals surface area contributed by atoms with Gasteiger partial charge in [0, 0.05) is 30.3 Å². The first-order valence-corrected chi connectivity index (χ1v) is 9.92. The van der Waals surface area contributed by atoms with Gasteiger partial charge in [-0.2, -0.15) is 0 Å². The molecule has 2 aliphatic rings. The average Bonchev–Trinajstić information content (AvgIpc) is 3.23. The fourth-order valence-corrected chi connectivity index (χ4v) is 5.12. The van der Waals surface area contributed by atoms with E-state index in [-0.39, 0.29) is 5.92 Å². The van der Waals surface area contributed by atoms with Gasteiger partial charge in [0.2, 0.25) is 5.91 Å². The molecule has 3 atom stereocenters. The third-order valence-corrected chi connectivity index (χ3v) is 6.52. The summed E-state index contributed by atoms with van der Waals surface area (Å²) in [6.45, 7) is 6.77. The fourth-order valence-electron chi connectivity index (χ4n) is 4.01. The number of carbonyl (C=O) groups excluding carboxylic acids is 1. The van der Waals surface area contributed by atoms with Gasteiger partial charge in [-0.3, -0.25) is 4.79 Å². The first kappa shape index (κ1) is 16.9. The maximum absolute atomic E-state index is 12.9. The zero-order chi connectivity index (χ0) is 16.4. The Hall–Kier alpha value is -0.940. The summed E-state index contributed by atoms with van der Waals surface area (Å²) >= 11 is 1.77. The molecule has 1 aliphatic carbocycles. The van der Waals surface area contributed by atoms with Crippen molar-refractivity contribution < 1.29 is 4.79 Å². The second kappa shape index (κ2) is 7.31. The quantitative estimate of drug-likeness (QED) is 0.918. The van der Waals surface area contributed by atoms with E-state index in [4.69, 9.17) is 10.7 Å². The third-order valence-electron chi connectivity index (χ3n) is 5.49. The number of carbonyl (C=O) groups is 1. The van der Waals surface area contributed by atoms with Gasteiger partial charge in [0.05, 0.1) is 10.7 Å². The molecule has 2 heterocycles. The van der Waals surface area contributed by atoms with Crippen molar-refractivity contribution in [3.05, 3.63) is 16.1 Å². The molecule has 23 heavy (non-hydrogen) atoms. The van der Waals surface area contributed by atoms with Crippen molar-refractivity contribution in [2.24, 2.45) is 17.6 Å². The van der Waals surface area contributed by atoms with E-state index in [0.717, 1.165) is 45.2 Å². The molecule has 3 rings (SSSR count). The van der Waals surface area contributed by atoms with E-state index >= 15 is 0 Å². The van der Waals surface area contributed by atoms with Crippen LogP contribution in [0.2, 0.25) is 0 Å². The number of rotatable bonds is 4. The minimum absolute atomic E-state index is 0.168. The lowest BCUT2D eigenvalue weighted by Gasteiger charge is -2.34. The van der Waals surface area contributed by atoms with Gasteiger partial charge >= 0.3 is 0 Å². The lowest BCUT2D eigenvalue weighted by molar-refractivity contribution is -0.137. The molecule has 2 N–H and O–H groups in total. The molecule has 0 bridgehead atoms. The molecule has 1 saturated heterocycles. The molecule has 1 aromatic heterocycles. The van der Waals surface area contributed by atoms with E-state index in [9.17, 15) is 4.79 Å². The summed E-state index contributed by atoms with van der Waals surface area (Å²) in [5.74, 6) is 1.81. The second-order valence-corrected chi connectivity index (χ2v) is 8.31. The fraction of sp³-hybridized carbons (Fsp3) is 0.778. The molecule has 1 aromatic rings. The van der Waals surface area contributed by atoms with E-state index in [2.05, 4.69) is 24.1 Å². The summed E-state index contributed by atoms with van der Waals surface area (Å²) < 4.78 is 0. The number of likely N-dealkylation sites (tertiary alicyclic amines) is 1. The second-order valence-electron chi connectivity index (χ2n) is 7.42. The van der Waals surface area contributed by atoms with Gasteiger partial charge in [0.25, 0.3) is 0 Å². The van der Waals surface area contributed by atoms with Crippen LogP contribution in [-0.4, -0.2) is 35.4 Å². The summed E-state index contributed by atoms with van der Waals surface area (Å²) in [4.78, 5) is 19.8. The minimum atomic E-state index is 0.168. The van der Waals surface area contributed by atoms with Crippen LogP contribution in [0.25, 0.3) is 0 Å². The van der Waals surface area contributed by atoms with Crippen molar-refractivity contribution in [3.63, 3.8) is 0 Å². The summed E-state index contributed by atoms with van der Waals surface area (Å²) in [5.41, 5.74) is 7.05. The van der Waals surface area contributed by atoms with Gasteiger partial charge in [-0.05, 0) is 44.1 Å². The van der Waals surface area contributed by atoms with E-state index in [1.165, 1.54) is 10.7 Å². The van der Waals surface area contributed by atoms with Crippen LogP contribution in [0.3, 0.4) is 0 Å². The number of thiazole rings is 1. The Bertz CT molecular complexity index is 542. The van der Waals surface area contributed by atoms with E-state index in [1.54, 1.807) is 11.3 Å². The van der Waals surface area contributed by atoms with Crippen molar-refractivity contribution in [1.29, 1.82) is 0 Å². The van der Waals surface area contributed by atoms with Crippen molar-refractivity contribution in [1.82, 2.24) is 9.88 Å². The number of nitrogens with two attached hydrogens (primary N) is 1. The number of hydrogen-bond acceptors (Lipinski definition) is 4. The topological polar surface area (TPSA) is 59.2 Å². The zero-order valence-electron chi connectivity index (χ0n) is 14.3.